The number of nitrogens with zero attached hydrogens (tertiary/aromatic N) is 1. The van der Waals surface area contributed by atoms with Gasteiger partial charge in [-0.25, -0.2) is 4.79 Å². The molecule has 0 aliphatic carbocycles. The zero-order chi connectivity index (χ0) is 27.8. The summed E-state index contributed by atoms with van der Waals surface area (Å²) in [5.74, 6) is -0.659. The molecule has 4 rings (SSSR count). The second kappa shape index (κ2) is 12.2. The molecule has 8 nitrogen and oxygen atoms in total. The van der Waals surface area contributed by atoms with Gasteiger partial charge in [-0.3, -0.25) is 14.6 Å². The third-order valence-electron chi connectivity index (χ3n) is 5.82. The standard InChI is InChI=1S/C31H31N3O5/c1-31(2,3)39-30(37)33-19-27(29(36)34-25-12-9-24-18-32-16-15-23(24)17-25)21-10-13-26(14-11-21)38-20-28(35)22-7-5-4-6-8-22/h4-18,27H,19-20H2,1-3H3,(H,33,37)(H,34,36). The highest BCUT2D eigenvalue weighted by molar-refractivity contribution is 5.98. The lowest BCUT2D eigenvalue weighted by atomic mass is 9.97. The fourth-order valence-electron chi connectivity index (χ4n) is 3.90. The molecular formula is C31H31N3O5. The van der Waals surface area contributed by atoms with Gasteiger partial charge < -0.3 is 20.1 Å². The van der Waals surface area contributed by atoms with Gasteiger partial charge >= 0.3 is 6.09 Å². The van der Waals surface area contributed by atoms with Crippen LogP contribution in [0.5, 0.6) is 5.75 Å². The summed E-state index contributed by atoms with van der Waals surface area (Å²) in [6, 6.07) is 23.2. The molecule has 0 radical (unpaired) electrons. The van der Waals surface area contributed by atoms with E-state index < -0.39 is 17.6 Å². The molecule has 0 saturated carbocycles. The zero-order valence-corrected chi connectivity index (χ0v) is 22.1. The molecule has 0 bridgehead atoms. The highest BCUT2D eigenvalue weighted by Gasteiger charge is 2.24. The van der Waals surface area contributed by atoms with Crippen molar-refractivity contribution in [3.63, 3.8) is 0 Å². The molecule has 0 fully saturated rings. The van der Waals surface area contributed by atoms with Crippen molar-refractivity contribution in [2.75, 3.05) is 18.5 Å². The molecule has 8 heteroatoms. The zero-order valence-electron chi connectivity index (χ0n) is 22.1. The first-order valence-corrected chi connectivity index (χ1v) is 12.6. The van der Waals surface area contributed by atoms with Gasteiger partial charge in [-0.15, -0.1) is 0 Å². The van der Waals surface area contributed by atoms with Crippen molar-refractivity contribution >= 4 is 34.2 Å². The number of ether oxygens (including phenoxy) is 2. The van der Waals surface area contributed by atoms with Crippen LogP contribution in [0.1, 0.15) is 42.6 Å². The van der Waals surface area contributed by atoms with Gasteiger partial charge in [-0.1, -0.05) is 48.5 Å². The lowest BCUT2D eigenvalue weighted by Gasteiger charge is -2.22. The average molecular weight is 526 g/mol. The van der Waals surface area contributed by atoms with Crippen LogP contribution in [-0.4, -0.2) is 41.5 Å². The van der Waals surface area contributed by atoms with E-state index in [2.05, 4.69) is 15.6 Å². The van der Waals surface area contributed by atoms with E-state index in [0.717, 1.165) is 10.8 Å². The first-order valence-electron chi connectivity index (χ1n) is 12.6. The predicted octanol–water partition coefficient (Wildman–Crippen LogP) is 5.74. The number of Topliss-reactive ketones (excluding diaryl/α,β-unsaturated/α-hetero) is 1. The number of fused-ring (bicyclic) bond motifs is 1. The Morgan fingerprint density at radius 3 is 2.36 bits per heavy atom. The first kappa shape index (κ1) is 27.3. The number of hydrogen-bond acceptors (Lipinski definition) is 6. The largest absolute Gasteiger partial charge is 0.485 e. The molecule has 0 aliphatic heterocycles. The van der Waals surface area contributed by atoms with Crippen LogP contribution in [0.25, 0.3) is 10.8 Å². The van der Waals surface area contributed by atoms with Crippen LogP contribution in [0.15, 0.2) is 91.3 Å². The Bertz CT molecular complexity index is 1450. The molecule has 3 aromatic carbocycles. The van der Waals surface area contributed by atoms with Crippen LogP contribution in [0.3, 0.4) is 0 Å². The number of pyridine rings is 1. The Kier molecular flexibility index (Phi) is 8.56. The Morgan fingerprint density at radius 1 is 0.897 bits per heavy atom. The van der Waals surface area contributed by atoms with E-state index in [9.17, 15) is 14.4 Å². The van der Waals surface area contributed by atoms with Crippen molar-refractivity contribution < 1.29 is 23.9 Å². The second-order valence-corrected chi connectivity index (χ2v) is 10.0. The summed E-state index contributed by atoms with van der Waals surface area (Å²) in [5.41, 5.74) is 1.19. The van der Waals surface area contributed by atoms with Gasteiger partial charge in [-0.2, -0.15) is 0 Å². The maximum absolute atomic E-state index is 13.4. The number of rotatable bonds is 9. The third-order valence-corrected chi connectivity index (χ3v) is 5.82. The summed E-state index contributed by atoms with van der Waals surface area (Å²) in [6.45, 7) is 5.23. The smallest absolute Gasteiger partial charge is 0.407 e. The van der Waals surface area contributed by atoms with Gasteiger partial charge in [0.2, 0.25) is 5.91 Å². The number of ketones is 1. The molecule has 0 saturated heterocycles. The third kappa shape index (κ3) is 7.88. The van der Waals surface area contributed by atoms with Crippen LogP contribution >= 0.6 is 0 Å². The van der Waals surface area contributed by atoms with Crippen molar-refractivity contribution in [1.82, 2.24) is 10.3 Å². The van der Waals surface area contributed by atoms with Crippen molar-refractivity contribution in [3.8, 4) is 5.75 Å². The Labute approximate surface area is 227 Å². The predicted molar refractivity (Wildman–Crippen MR) is 150 cm³/mol. The Balaban J connectivity index is 1.47. The molecule has 4 aromatic rings. The van der Waals surface area contributed by atoms with Crippen molar-refractivity contribution in [2.24, 2.45) is 0 Å². The summed E-state index contributed by atoms with van der Waals surface area (Å²) in [7, 11) is 0. The number of hydrogen-bond donors (Lipinski definition) is 2. The molecule has 1 aromatic heterocycles. The number of nitrogens with one attached hydrogen (secondary N) is 2. The summed E-state index contributed by atoms with van der Waals surface area (Å²) in [4.78, 5) is 42.2. The van der Waals surface area contributed by atoms with E-state index in [1.165, 1.54) is 0 Å². The minimum absolute atomic E-state index is 0.0188. The van der Waals surface area contributed by atoms with E-state index in [1.807, 2.05) is 24.3 Å². The average Bonchev–Trinajstić information content (AvgIpc) is 2.92. The van der Waals surface area contributed by atoms with Crippen LogP contribution in [0, 0.1) is 0 Å². The van der Waals surface area contributed by atoms with E-state index in [1.54, 1.807) is 87.8 Å². The Hall–Kier alpha value is -4.72. The molecule has 39 heavy (non-hydrogen) atoms. The number of amides is 2. The molecule has 2 amide bonds. The van der Waals surface area contributed by atoms with Crippen LogP contribution in [0.2, 0.25) is 0 Å². The topological polar surface area (TPSA) is 107 Å². The second-order valence-electron chi connectivity index (χ2n) is 10.0. The summed E-state index contributed by atoms with van der Waals surface area (Å²) in [5, 5.41) is 7.55. The van der Waals surface area contributed by atoms with Gasteiger partial charge in [0.15, 0.2) is 12.4 Å². The van der Waals surface area contributed by atoms with Crippen molar-refractivity contribution in [1.29, 1.82) is 0 Å². The van der Waals surface area contributed by atoms with Gasteiger partial charge in [-0.05, 0) is 62.1 Å². The molecule has 1 heterocycles. The minimum atomic E-state index is -0.717. The molecule has 1 unspecified atom stereocenters. The maximum atomic E-state index is 13.4. The highest BCUT2D eigenvalue weighted by Crippen LogP contribution is 2.24. The molecule has 1 atom stereocenters. The highest BCUT2D eigenvalue weighted by atomic mass is 16.6. The SMILES string of the molecule is CC(C)(C)OC(=O)NCC(C(=O)Nc1ccc2cnccc2c1)c1ccc(OCC(=O)c2ccccc2)cc1. The fraction of sp³-hybridized carbons (Fsp3) is 0.226. The molecule has 0 spiro atoms. The monoisotopic (exact) mass is 525 g/mol. The normalized spacial score (nSPS) is 11.9. The number of carbonyl (C=O) groups excluding carboxylic acids is 3. The van der Waals surface area contributed by atoms with Crippen LogP contribution in [0.4, 0.5) is 10.5 Å². The van der Waals surface area contributed by atoms with Crippen molar-refractivity contribution in [3.05, 3.63) is 102 Å². The summed E-state index contributed by atoms with van der Waals surface area (Å²) in [6.07, 6.45) is 2.84. The first-order chi connectivity index (χ1) is 18.7. The van der Waals surface area contributed by atoms with Crippen molar-refractivity contribution in [2.45, 2.75) is 32.3 Å². The van der Waals surface area contributed by atoms with Gasteiger partial charge in [0.05, 0.1) is 5.92 Å². The van der Waals surface area contributed by atoms with E-state index in [-0.39, 0.29) is 24.8 Å². The summed E-state index contributed by atoms with van der Waals surface area (Å²) < 4.78 is 11.0. The number of benzene rings is 3. The van der Waals surface area contributed by atoms with E-state index in [4.69, 9.17) is 9.47 Å². The van der Waals surface area contributed by atoms with E-state index in [0.29, 0.717) is 22.6 Å². The Morgan fingerprint density at radius 2 is 1.64 bits per heavy atom. The summed E-state index contributed by atoms with van der Waals surface area (Å²) >= 11 is 0. The number of anilines is 1. The maximum Gasteiger partial charge on any atom is 0.407 e. The molecule has 2 N–H and O–H groups in total. The molecule has 200 valence electrons. The lowest BCUT2D eigenvalue weighted by Crippen LogP contribution is -2.37. The quantitative estimate of drug-likeness (QED) is 0.270. The van der Waals surface area contributed by atoms with Crippen LogP contribution < -0.4 is 15.4 Å². The van der Waals surface area contributed by atoms with E-state index >= 15 is 0 Å². The van der Waals surface area contributed by atoms with Gasteiger partial charge in [0.25, 0.3) is 0 Å². The van der Waals surface area contributed by atoms with Crippen LogP contribution in [-0.2, 0) is 9.53 Å². The van der Waals surface area contributed by atoms with Gasteiger partial charge in [0, 0.05) is 35.6 Å². The fourth-order valence-corrected chi connectivity index (χ4v) is 3.90. The number of aromatic nitrogens is 1. The lowest BCUT2D eigenvalue weighted by molar-refractivity contribution is -0.117. The molecular weight excluding hydrogens is 494 g/mol. The minimum Gasteiger partial charge on any atom is -0.485 e. The number of alkyl carbamates (subject to hydrolysis) is 1. The molecule has 0 aliphatic rings. The van der Waals surface area contributed by atoms with Gasteiger partial charge in [0.1, 0.15) is 11.4 Å². The number of carbonyl (C=O) groups is 3.